The molecular weight excluding hydrogens is 220 g/mol. The van der Waals surface area contributed by atoms with Crippen LogP contribution in [0.5, 0.6) is 0 Å². The molecule has 0 amide bonds. The highest BCUT2D eigenvalue weighted by Crippen LogP contribution is 2.30. The van der Waals surface area contributed by atoms with Gasteiger partial charge < -0.3 is 0 Å². The van der Waals surface area contributed by atoms with E-state index in [0.29, 0.717) is 21.6 Å². The lowest BCUT2D eigenvalue weighted by molar-refractivity contribution is 0.0982. The molecule has 0 saturated carbocycles. The van der Waals surface area contributed by atoms with Crippen molar-refractivity contribution in [3.63, 3.8) is 0 Å². The highest BCUT2D eigenvalue weighted by Gasteiger charge is 2.30. The lowest BCUT2D eigenvalue weighted by atomic mass is 9.88. The second-order valence-electron chi connectivity index (χ2n) is 3.87. The molecule has 1 aromatic carbocycles. The molecule has 3 heteroatoms. The summed E-state index contributed by atoms with van der Waals surface area (Å²) >= 11 is 1.33. The summed E-state index contributed by atoms with van der Waals surface area (Å²) in [6, 6.07) is 7.12. The van der Waals surface area contributed by atoms with Gasteiger partial charge in [0.05, 0.1) is 4.88 Å². The largest absolute Gasteiger partial charge is 0.289 e. The zero-order valence-corrected chi connectivity index (χ0v) is 9.43. The van der Waals surface area contributed by atoms with Gasteiger partial charge in [-0.1, -0.05) is 11.6 Å². The minimum Gasteiger partial charge on any atom is -0.289 e. The van der Waals surface area contributed by atoms with Crippen molar-refractivity contribution in [2.75, 3.05) is 0 Å². The fraction of sp³-hybridized carbons (Fsp3) is 0.0769. The molecule has 0 bridgehead atoms. The third kappa shape index (κ3) is 1.12. The van der Waals surface area contributed by atoms with Crippen molar-refractivity contribution in [2.24, 2.45) is 0 Å². The van der Waals surface area contributed by atoms with E-state index in [1.54, 1.807) is 23.6 Å². The zero-order valence-electron chi connectivity index (χ0n) is 8.61. The number of carbonyl (C=O) groups is 2. The van der Waals surface area contributed by atoms with Crippen molar-refractivity contribution in [3.05, 3.63) is 56.8 Å². The minimum atomic E-state index is -0.0328. The van der Waals surface area contributed by atoms with E-state index in [1.807, 2.05) is 13.0 Å². The number of rotatable bonds is 0. The molecule has 0 aliphatic heterocycles. The Balaban J connectivity index is 2.34. The number of benzene rings is 1. The van der Waals surface area contributed by atoms with Crippen LogP contribution in [0.25, 0.3) is 0 Å². The van der Waals surface area contributed by atoms with Gasteiger partial charge in [-0.2, -0.15) is 0 Å². The van der Waals surface area contributed by atoms with E-state index in [0.717, 1.165) is 5.56 Å². The van der Waals surface area contributed by atoms with Gasteiger partial charge in [-0.15, -0.1) is 11.3 Å². The fourth-order valence-corrected chi connectivity index (χ4v) is 2.82. The predicted molar refractivity (Wildman–Crippen MR) is 62.4 cm³/mol. The van der Waals surface area contributed by atoms with Crippen molar-refractivity contribution in [1.29, 1.82) is 0 Å². The van der Waals surface area contributed by atoms with Crippen LogP contribution in [0.15, 0.2) is 29.6 Å². The van der Waals surface area contributed by atoms with E-state index >= 15 is 0 Å². The molecule has 0 unspecified atom stereocenters. The second kappa shape index (κ2) is 3.12. The molecule has 0 radical (unpaired) electrons. The molecular formula is C13H8O2S. The van der Waals surface area contributed by atoms with Crippen LogP contribution < -0.4 is 0 Å². The van der Waals surface area contributed by atoms with Crippen LogP contribution in [0.4, 0.5) is 0 Å². The van der Waals surface area contributed by atoms with Crippen molar-refractivity contribution in [2.45, 2.75) is 6.92 Å². The average Bonchev–Trinajstić information content (AvgIpc) is 2.75. The Morgan fingerprint density at radius 1 is 0.938 bits per heavy atom. The normalized spacial score (nSPS) is 13.6. The van der Waals surface area contributed by atoms with Crippen LogP contribution in [0.2, 0.25) is 0 Å². The molecule has 78 valence electrons. The van der Waals surface area contributed by atoms with Crippen molar-refractivity contribution < 1.29 is 9.59 Å². The Morgan fingerprint density at radius 2 is 1.75 bits per heavy atom. The first kappa shape index (κ1) is 9.48. The van der Waals surface area contributed by atoms with Gasteiger partial charge in [0.1, 0.15) is 0 Å². The minimum absolute atomic E-state index is 0.0281. The molecule has 0 saturated heterocycles. The lowest BCUT2D eigenvalue weighted by Gasteiger charge is -2.14. The van der Waals surface area contributed by atoms with Gasteiger partial charge in [-0.3, -0.25) is 9.59 Å². The van der Waals surface area contributed by atoms with Gasteiger partial charge in [-0.25, -0.2) is 0 Å². The summed E-state index contributed by atoms with van der Waals surface area (Å²) in [7, 11) is 0. The second-order valence-corrected chi connectivity index (χ2v) is 4.79. The molecule has 0 N–H and O–H groups in total. The molecule has 0 spiro atoms. The number of hydrogen-bond donors (Lipinski definition) is 0. The zero-order chi connectivity index (χ0) is 11.3. The maximum absolute atomic E-state index is 12.1. The van der Waals surface area contributed by atoms with Crippen LogP contribution in [0.1, 0.15) is 36.7 Å². The number of fused-ring (bicyclic) bond motifs is 2. The Labute approximate surface area is 96.5 Å². The SMILES string of the molecule is Cc1ccc2c(c1)C(=O)c1ccsc1C2=O. The van der Waals surface area contributed by atoms with Crippen molar-refractivity contribution in [1.82, 2.24) is 0 Å². The Kier molecular flexibility index (Phi) is 1.85. The van der Waals surface area contributed by atoms with Crippen LogP contribution in [-0.4, -0.2) is 11.6 Å². The maximum atomic E-state index is 12.1. The van der Waals surface area contributed by atoms with E-state index in [1.165, 1.54) is 11.3 Å². The van der Waals surface area contributed by atoms with E-state index in [9.17, 15) is 9.59 Å². The molecule has 1 heterocycles. The van der Waals surface area contributed by atoms with Crippen LogP contribution in [-0.2, 0) is 0 Å². The van der Waals surface area contributed by atoms with Gasteiger partial charge in [-0.05, 0) is 30.5 Å². The fourth-order valence-electron chi connectivity index (χ4n) is 1.98. The number of ketones is 2. The molecule has 0 atom stereocenters. The van der Waals surface area contributed by atoms with Gasteiger partial charge in [0.2, 0.25) is 5.78 Å². The van der Waals surface area contributed by atoms with Gasteiger partial charge in [0.15, 0.2) is 5.78 Å². The molecule has 3 rings (SSSR count). The van der Waals surface area contributed by atoms with E-state index in [2.05, 4.69) is 0 Å². The standard InChI is InChI=1S/C13H8O2S/c1-7-2-3-8-10(6-7)11(14)9-4-5-16-13(9)12(8)15/h2-6H,1H3. The van der Waals surface area contributed by atoms with E-state index in [4.69, 9.17) is 0 Å². The Hall–Kier alpha value is -1.74. The summed E-state index contributed by atoms with van der Waals surface area (Å²) in [5.74, 6) is -0.0610. The number of aryl methyl sites for hydroxylation is 1. The molecule has 1 aliphatic rings. The van der Waals surface area contributed by atoms with Crippen LogP contribution in [0.3, 0.4) is 0 Å². The van der Waals surface area contributed by atoms with Gasteiger partial charge in [0.25, 0.3) is 0 Å². The predicted octanol–water partition coefficient (Wildman–Crippen LogP) is 2.83. The molecule has 0 fully saturated rings. The summed E-state index contributed by atoms with van der Waals surface area (Å²) in [5.41, 5.74) is 2.62. The smallest absolute Gasteiger partial charge is 0.204 e. The van der Waals surface area contributed by atoms with E-state index in [-0.39, 0.29) is 11.6 Å². The highest BCUT2D eigenvalue weighted by atomic mass is 32.1. The summed E-state index contributed by atoms with van der Waals surface area (Å²) in [6.45, 7) is 1.92. The molecule has 2 aromatic rings. The summed E-state index contributed by atoms with van der Waals surface area (Å²) in [4.78, 5) is 24.8. The topological polar surface area (TPSA) is 34.1 Å². The molecule has 16 heavy (non-hydrogen) atoms. The molecule has 1 aromatic heterocycles. The Bertz CT molecular complexity index is 623. The lowest BCUT2D eigenvalue weighted by Crippen LogP contribution is -2.18. The third-order valence-corrected chi connectivity index (χ3v) is 3.69. The number of carbonyl (C=O) groups excluding carboxylic acids is 2. The Morgan fingerprint density at radius 3 is 2.56 bits per heavy atom. The first-order valence-corrected chi connectivity index (χ1v) is 5.84. The first-order chi connectivity index (χ1) is 7.68. The summed E-state index contributed by atoms with van der Waals surface area (Å²) < 4.78 is 0. The monoisotopic (exact) mass is 228 g/mol. The number of thiophene rings is 1. The van der Waals surface area contributed by atoms with Crippen molar-refractivity contribution in [3.8, 4) is 0 Å². The summed E-state index contributed by atoms with van der Waals surface area (Å²) in [6.07, 6.45) is 0. The molecule has 1 aliphatic carbocycles. The quantitative estimate of drug-likeness (QED) is 0.593. The highest BCUT2D eigenvalue weighted by molar-refractivity contribution is 7.12. The van der Waals surface area contributed by atoms with Gasteiger partial charge in [0, 0.05) is 16.7 Å². The molecule has 2 nitrogen and oxygen atoms in total. The maximum Gasteiger partial charge on any atom is 0.204 e. The summed E-state index contributed by atoms with van der Waals surface area (Å²) in [5, 5.41) is 1.79. The average molecular weight is 228 g/mol. The number of hydrogen-bond acceptors (Lipinski definition) is 3. The first-order valence-electron chi connectivity index (χ1n) is 4.96. The van der Waals surface area contributed by atoms with E-state index < -0.39 is 0 Å². The van der Waals surface area contributed by atoms with Crippen LogP contribution >= 0.6 is 11.3 Å². The third-order valence-electron chi connectivity index (χ3n) is 2.78. The van der Waals surface area contributed by atoms with Gasteiger partial charge >= 0.3 is 0 Å². The van der Waals surface area contributed by atoms with Crippen molar-refractivity contribution >= 4 is 22.9 Å². The van der Waals surface area contributed by atoms with Crippen LogP contribution in [0, 0.1) is 6.92 Å².